The Hall–Kier alpha value is 0.670. The lowest BCUT2D eigenvalue weighted by atomic mass is 10.1. The van der Waals surface area contributed by atoms with Gasteiger partial charge in [0.15, 0.2) is 0 Å². The zero-order chi connectivity index (χ0) is 10.2. The minimum Gasteiger partial charge on any atom is -0.100 e. The molecule has 13 heavy (non-hydrogen) atoms. The summed E-state index contributed by atoms with van der Waals surface area (Å²) in [5.41, 5.74) is 1.27. The predicted molar refractivity (Wildman–Crippen MR) is 60.7 cm³/mol. The Morgan fingerprint density at radius 1 is 1.08 bits per heavy atom. The fourth-order valence-corrected chi connectivity index (χ4v) is 2.08. The van der Waals surface area contributed by atoms with Gasteiger partial charge in [0.05, 0.1) is 15.1 Å². The van der Waals surface area contributed by atoms with Gasteiger partial charge in [0.2, 0.25) is 0 Å². The summed E-state index contributed by atoms with van der Waals surface area (Å²) in [6, 6.07) is 1.57. The molecule has 0 aromatic heterocycles. The lowest BCUT2D eigenvalue weighted by Gasteiger charge is -2.10. The van der Waals surface area contributed by atoms with Crippen LogP contribution >= 0.6 is 58.0 Å². The van der Waals surface area contributed by atoms with Crippen LogP contribution in [0.2, 0.25) is 15.1 Å². The van der Waals surface area contributed by atoms with Gasteiger partial charge >= 0.3 is 0 Å². The minimum absolute atomic E-state index is 0.407. The van der Waals surface area contributed by atoms with Gasteiger partial charge in [-0.2, -0.15) is 0 Å². The molecule has 0 aliphatic rings. The number of alkyl halides is 2. The van der Waals surface area contributed by atoms with Gasteiger partial charge in [0, 0.05) is 5.56 Å². The van der Waals surface area contributed by atoms with E-state index in [-0.39, 0.29) is 0 Å². The van der Waals surface area contributed by atoms with Crippen LogP contribution in [0.3, 0.4) is 0 Å². The van der Waals surface area contributed by atoms with Crippen molar-refractivity contribution < 1.29 is 0 Å². The molecule has 0 heterocycles. The molecular formula is C8H5Cl5. The highest BCUT2D eigenvalue weighted by molar-refractivity contribution is 6.47. The SMILES string of the molecule is Cc1c(Cl)c(Cl)cc(C(Cl)Cl)c1Cl. The lowest BCUT2D eigenvalue weighted by Crippen LogP contribution is -1.89. The van der Waals surface area contributed by atoms with Crippen molar-refractivity contribution in [2.45, 2.75) is 11.8 Å². The summed E-state index contributed by atoms with van der Waals surface area (Å²) >= 11 is 29.0. The molecule has 0 N–H and O–H groups in total. The van der Waals surface area contributed by atoms with Gasteiger partial charge in [-0.15, -0.1) is 23.2 Å². The summed E-state index contributed by atoms with van der Waals surface area (Å²) in [6.07, 6.45) is 0. The van der Waals surface area contributed by atoms with E-state index in [1.807, 2.05) is 0 Å². The Morgan fingerprint density at radius 3 is 2.08 bits per heavy atom. The van der Waals surface area contributed by atoms with Crippen molar-refractivity contribution in [3.8, 4) is 0 Å². The lowest BCUT2D eigenvalue weighted by molar-refractivity contribution is 1.31. The molecule has 1 aromatic rings. The standard InChI is InChI=1S/C8H5Cl5/c1-3-6(10)4(8(12)13)2-5(9)7(3)11/h2,8H,1H3. The number of rotatable bonds is 1. The van der Waals surface area contributed by atoms with Crippen LogP contribution in [0.4, 0.5) is 0 Å². The van der Waals surface area contributed by atoms with Gasteiger partial charge in [0.25, 0.3) is 0 Å². The summed E-state index contributed by atoms with van der Waals surface area (Å²) in [4.78, 5) is -0.694. The van der Waals surface area contributed by atoms with E-state index >= 15 is 0 Å². The third-order valence-corrected chi connectivity index (χ3v) is 3.49. The average Bonchev–Trinajstić information content (AvgIpc) is 2.07. The highest BCUT2D eigenvalue weighted by atomic mass is 35.5. The highest BCUT2D eigenvalue weighted by Crippen LogP contribution is 2.39. The maximum Gasteiger partial charge on any atom is 0.134 e. The summed E-state index contributed by atoms with van der Waals surface area (Å²) < 4.78 is 0. The van der Waals surface area contributed by atoms with Gasteiger partial charge in [-0.3, -0.25) is 0 Å². The first-order chi connectivity index (χ1) is 5.95. The molecule has 0 amide bonds. The summed E-state index contributed by atoms with van der Waals surface area (Å²) in [7, 11) is 0. The van der Waals surface area contributed by atoms with Crippen molar-refractivity contribution >= 4 is 58.0 Å². The second kappa shape index (κ2) is 4.46. The largest absolute Gasteiger partial charge is 0.134 e. The zero-order valence-corrected chi connectivity index (χ0v) is 10.3. The molecule has 1 aromatic carbocycles. The second-order valence-electron chi connectivity index (χ2n) is 2.50. The number of hydrogen-bond acceptors (Lipinski definition) is 0. The molecule has 0 aliphatic carbocycles. The van der Waals surface area contributed by atoms with Crippen LogP contribution in [-0.4, -0.2) is 0 Å². The van der Waals surface area contributed by atoms with Crippen LogP contribution in [-0.2, 0) is 0 Å². The van der Waals surface area contributed by atoms with Crippen LogP contribution in [0, 0.1) is 6.92 Å². The molecule has 0 radical (unpaired) electrons. The second-order valence-corrected chi connectivity index (χ2v) is 4.76. The number of halogens is 5. The van der Waals surface area contributed by atoms with E-state index in [9.17, 15) is 0 Å². The van der Waals surface area contributed by atoms with Crippen molar-refractivity contribution in [2.24, 2.45) is 0 Å². The molecule has 0 aliphatic heterocycles. The first kappa shape index (κ1) is 11.7. The maximum atomic E-state index is 5.95. The molecule has 0 nitrogen and oxygen atoms in total. The van der Waals surface area contributed by atoms with E-state index in [1.165, 1.54) is 0 Å². The molecule has 72 valence electrons. The average molecular weight is 278 g/mol. The van der Waals surface area contributed by atoms with E-state index in [0.29, 0.717) is 26.2 Å². The molecule has 1 rings (SSSR count). The molecule has 0 spiro atoms. The highest BCUT2D eigenvalue weighted by Gasteiger charge is 2.15. The van der Waals surface area contributed by atoms with E-state index < -0.39 is 4.84 Å². The summed E-state index contributed by atoms with van der Waals surface area (Å²) in [5, 5.41) is 1.30. The van der Waals surface area contributed by atoms with Gasteiger partial charge in [-0.05, 0) is 18.6 Å². The Bertz CT molecular complexity index is 332. The molecule has 0 fully saturated rings. The normalized spacial score (nSPS) is 11.0. The molecule has 0 saturated heterocycles. The Balaban J connectivity index is 3.41. The van der Waals surface area contributed by atoms with Gasteiger partial charge in [-0.1, -0.05) is 34.8 Å². The number of hydrogen-bond donors (Lipinski definition) is 0. The molecule has 0 atom stereocenters. The monoisotopic (exact) mass is 276 g/mol. The zero-order valence-electron chi connectivity index (χ0n) is 6.54. The minimum atomic E-state index is -0.694. The quantitative estimate of drug-likeness (QED) is 0.474. The Kier molecular flexibility index (Phi) is 4.03. The molecule has 0 bridgehead atoms. The van der Waals surface area contributed by atoms with Crippen LogP contribution < -0.4 is 0 Å². The maximum absolute atomic E-state index is 5.95. The molecule has 5 heteroatoms. The van der Waals surface area contributed by atoms with E-state index in [1.54, 1.807) is 13.0 Å². The first-order valence-electron chi connectivity index (χ1n) is 3.37. The summed E-state index contributed by atoms with van der Waals surface area (Å²) in [6.45, 7) is 1.76. The third kappa shape index (κ3) is 2.37. The van der Waals surface area contributed by atoms with Crippen LogP contribution in [0.5, 0.6) is 0 Å². The fraction of sp³-hybridized carbons (Fsp3) is 0.250. The van der Waals surface area contributed by atoms with Crippen molar-refractivity contribution in [2.75, 3.05) is 0 Å². The predicted octanol–water partition coefficient (Wildman–Crippen LogP) is 5.43. The molecule has 0 saturated carbocycles. The van der Waals surface area contributed by atoms with E-state index in [0.717, 1.165) is 0 Å². The van der Waals surface area contributed by atoms with Crippen molar-refractivity contribution in [1.82, 2.24) is 0 Å². The van der Waals surface area contributed by atoms with Crippen LogP contribution in [0.25, 0.3) is 0 Å². The Morgan fingerprint density at radius 2 is 1.62 bits per heavy atom. The van der Waals surface area contributed by atoms with Gasteiger partial charge in [-0.25, -0.2) is 0 Å². The van der Waals surface area contributed by atoms with Crippen molar-refractivity contribution in [3.05, 3.63) is 32.3 Å². The first-order valence-corrected chi connectivity index (χ1v) is 5.38. The van der Waals surface area contributed by atoms with E-state index in [4.69, 9.17) is 58.0 Å². The van der Waals surface area contributed by atoms with Crippen LogP contribution in [0.1, 0.15) is 16.0 Å². The Labute approximate surface area is 102 Å². The van der Waals surface area contributed by atoms with Gasteiger partial charge in [0.1, 0.15) is 4.84 Å². The molecule has 0 unspecified atom stereocenters. The summed E-state index contributed by atoms with van der Waals surface area (Å²) in [5.74, 6) is 0. The van der Waals surface area contributed by atoms with Gasteiger partial charge < -0.3 is 0 Å². The third-order valence-electron chi connectivity index (χ3n) is 1.64. The van der Waals surface area contributed by atoms with Crippen molar-refractivity contribution in [3.63, 3.8) is 0 Å². The van der Waals surface area contributed by atoms with Crippen LogP contribution in [0.15, 0.2) is 6.07 Å². The fourth-order valence-electron chi connectivity index (χ4n) is 0.914. The van der Waals surface area contributed by atoms with E-state index in [2.05, 4.69) is 0 Å². The van der Waals surface area contributed by atoms with Crippen molar-refractivity contribution in [1.29, 1.82) is 0 Å². The smallest absolute Gasteiger partial charge is 0.100 e. The topological polar surface area (TPSA) is 0 Å². The number of benzene rings is 1. The molecular weight excluding hydrogens is 273 g/mol.